The van der Waals surface area contributed by atoms with Gasteiger partial charge in [0.1, 0.15) is 0 Å². The summed E-state index contributed by atoms with van der Waals surface area (Å²) in [5.41, 5.74) is 11.2. The van der Waals surface area contributed by atoms with Gasteiger partial charge in [-0.1, -0.05) is 52.3 Å². The van der Waals surface area contributed by atoms with Gasteiger partial charge in [0.15, 0.2) is 0 Å². The number of allylic oxidation sites excluding steroid dienone is 4. The predicted molar refractivity (Wildman–Crippen MR) is 83.2 cm³/mol. The lowest BCUT2D eigenvalue weighted by Crippen LogP contribution is -2.18. The highest BCUT2D eigenvalue weighted by molar-refractivity contribution is 5.26. The highest BCUT2D eigenvalue weighted by Gasteiger charge is 2.22. The summed E-state index contributed by atoms with van der Waals surface area (Å²) in [6.07, 6.45) is 1.74. The van der Waals surface area contributed by atoms with E-state index in [9.17, 15) is 0 Å². The van der Waals surface area contributed by atoms with E-state index in [0.717, 1.165) is 5.70 Å². The molecule has 1 nitrogen and oxygen atoms in total. The van der Waals surface area contributed by atoms with E-state index < -0.39 is 0 Å². The predicted octanol–water partition coefficient (Wildman–Crippen LogP) is 5.06. The number of nitrogens with two attached hydrogens (primary N) is 1. The van der Waals surface area contributed by atoms with E-state index in [1.165, 1.54) is 16.7 Å². The Morgan fingerprint density at radius 2 is 1.39 bits per heavy atom. The van der Waals surface area contributed by atoms with Gasteiger partial charge >= 0.3 is 0 Å². The van der Waals surface area contributed by atoms with Crippen molar-refractivity contribution >= 4 is 0 Å². The topological polar surface area (TPSA) is 26.0 Å². The van der Waals surface area contributed by atoms with Crippen LogP contribution in [0.15, 0.2) is 35.1 Å². The lowest BCUT2D eigenvalue weighted by molar-refractivity contribution is 0.453. The fourth-order valence-corrected chi connectivity index (χ4v) is 2.11. The minimum Gasteiger partial charge on any atom is -0.399 e. The second-order valence-corrected chi connectivity index (χ2v) is 6.48. The summed E-state index contributed by atoms with van der Waals surface area (Å²) >= 11 is 0. The molecule has 18 heavy (non-hydrogen) atoms. The summed E-state index contributed by atoms with van der Waals surface area (Å²) < 4.78 is 0. The molecule has 0 aromatic heterocycles. The van der Waals surface area contributed by atoms with Gasteiger partial charge in [-0.15, -0.1) is 0 Å². The van der Waals surface area contributed by atoms with Crippen LogP contribution in [0.3, 0.4) is 0 Å². The van der Waals surface area contributed by atoms with Crippen LogP contribution in [-0.4, -0.2) is 0 Å². The van der Waals surface area contributed by atoms with Crippen molar-refractivity contribution in [1.29, 1.82) is 0 Å². The normalized spacial score (nSPS) is 18.7. The lowest BCUT2D eigenvalue weighted by atomic mass is 9.76. The molecule has 0 rings (SSSR count). The first kappa shape index (κ1) is 17.0. The second kappa shape index (κ2) is 6.26. The van der Waals surface area contributed by atoms with Gasteiger partial charge in [0, 0.05) is 5.70 Å². The zero-order valence-corrected chi connectivity index (χ0v) is 13.5. The van der Waals surface area contributed by atoms with Crippen molar-refractivity contribution in [2.45, 2.75) is 55.4 Å². The average Bonchev–Trinajstić information content (AvgIpc) is 2.31. The Kier molecular flexibility index (Phi) is 5.92. The van der Waals surface area contributed by atoms with Crippen molar-refractivity contribution in [3.05, 3.63) is 35.1 Å². The highest BCUT2D eigenvalue weighted by atomic mass is 14.6. The van der Waals surface area contributed by atoms with E-state index in [-0.39, 0.29) is 5.41 Å². The number of hydrogen-bond acceptors (Lipinski definition) is 1. The van der Waals surface area contributed by atoms with E-state index in [1.807, 2.05) is 0 Å². The fraction of sp³-hybridized carbons (Fsp3) is 0.647. The van der Waals surface area contributed by atoms with Gasteiger partial charge < -0.3 is 5.73 Å². The molecule has 2 unspecified atom stereocenters. The maximum absolute atomic E-state index is 5.96. The van der Waals surface area contributed by atoms with Gasteiger partial charge in [-0.2, -0.15) is 0 Å². The molecule has 0 heterocycles. The SMILES string of the molecule is C=C/C(N)=C(/C)C(C)C(C)/C(C)=C(\C)C(C)(C)C. The molecule has 0 aliphatic rings. The van der Waals surface area contributed by atoms with Crippen LogP contribution in [0.5, 0.6) is 0 Å². The highest BCUT2D eigenvalue weighted by Crippen LogP contribution is 2.35. The summed E-state index contributed by atoms with van der Waals surface area (Å²) in [6.45, 7) is 21.7. The van der Waals surface area contributed by atoms with Crippen LogP contribution in [0.1, 0.15) is 55.4 Å². The summed E-state index contributed by atoms with van der Waals surface area (Å²) in [7, 11) is 0. The molecule has 104 valence electrons. The average molecular weight is 249 g/mol. The molecule has 0 aromatic carbocycles. The van der Waals surface area contributed by atoms with E-state index >= 15 is 0 Å². The first-order valence-electron chi connectivity index (χ1n) is 6.80. The zero-order valence-electron chi connectivity index (χ0n) is 13.5. The summed E-state index contributed by atoms with van der Waals surface area (Å²) in [5, 5.41) is 0. The monoisotopic (exact) mass is 249 g/mol. The number of hydrogen-bond donors (Lipinski definition) is 1. The Bertz CT molecular complexity index is 364. The standard InChI is InChI=1S/C17H31N/c1-10-16(18)14(5)12(3)11(2)13(4)15(6)17(7,8)9/h10-12H,1,18H2,2-9H3/b15-13+,16-14+. The Labute approximate surface area is 114 Å². The van der Waals surface area contributed by atoms with Crippen LogP contribution in [0.25, 0.3) is 0 Å². The van der Waals surface area contributed by atoms with E-state index in [2.05, 4.69) is 62.0 Å². The number of rotatable bonds is 4. The van der Waals surface area contributed by atoms with Crippen LogP contribution >= 0.6 is 0 Å². The Hall–Kier alpha value is -0.980. The third-order valence-electron chi connectivity index (χ3n) is 4.51. The molecule has 0 saturated carbocycles. The molecule has 0 aliphatic heterocycles. The van der Waals surface area contributed by atoms with Crippen LogP contribution in [-0.2, 0) is 0 Å². The quantitative estimate of drug-likeness (QED) is 0.547. The maximum atomic E-state index is 5.96. The minimum atomic E-state index is 0.236. The van der Waals surface area contributed by atoms with Crippen molar-refractivity contribution < 1.29 is 0 Å². The summed E-state index contributed by atoms with van der Waals surface area (Å²) in [6, 6.07) is 0. The largest absolute Gasteiger partial charge is 0.399 e. The van der Waals surface area contributed by atoms with Gasteiger partial charge in [-0.05, 0) is 49.7 Å². The van der Waals surface area contributed by atoms with Crippen molar-refractivity contribution in [2.24, 2.45) is 23.0 Å². The van der Waals surface area contributed by atoms with E-state index in [4.69, 9.17) is 5.73 Å². The molecule has 0 fully saturated rings. The molecule has 2 N–H and O–H groups in total. The fourth-order valence-electron chi connectivity index (χ4n) is 2.11. The van der Waals surface area contributed by atoms with Crippen molar-refractivity contribution in [3.63, 3.8) is 0 Å². The third kappa shape index (κ3) is 4.04. The van der Waals surface area contributed by atoms with Gasteiger partial charge in [0.05, 0.1) is 0 Å². The van der Waals surface area contributed by atoms with Crippen molar-refractivity contribution in [3.8, 4) is 0 Å². The Morgan fingerprint density at radius 3 is 1.72 bits per heavy atom. The third-order valence-corrected chi connectivity index (χ3v) is 4.51. The van der Waals surface area contributed by atoms with Crippen molar-refractivity contribution in [2.75, 3.05) is 0 Å². The zero-order chi connectivity index (χ0) is 14.7. The smallest absolute Gasteiger partial charge is 0.0300 e. The second-order valence-electron chi connectivity index (χ2n) is 6.48. The lowest BCUT2D eigenvalue weighted by Gasteiger charge is -2.29. The minimum absolute atomic E-state index is 0.236. The molecule has 0 saturated heterocycles. The molecular weight excluding hydrogens is 218 g/mol. The molecule has 0 radical (unpaired) electrons. The van der Waals surface area contributed by atoms with Crippen LogP contribution < -0.4 is 5.73 Å². The van der Waals surface area contributed by atoms with Crippen LogP contribution in [0, 0.1) is 17.3 Å². The molecule has 0 amide bonds. The molecule has 1 heteroatoms. The Morgan fingerprint density at radius 1 is 1.00 bits per heavy atom. The summed E-state index contributed by atoms with van der Waals surface area (Å²) in [5.74, 6) is 0.947. The van der Waals surface area contributed by atoms with Crippen molar-refractivity contribution in [1.82, 2.24) is 0 Å². The van der Waals surface area contributed by atoms with Crippen LogP contribution in [0.2, 0.25) is 0 Å². The van der Waals surface area contributed by atoms with Gasteiger partial charge in [0.25, 0.3) is 0 Å². The van der Waals surface area contributed by atoms with E-state index in [1.54, 1.807) is 6.08 Å². The van der Waals surface area contributed by atoms with Gasteiger partial charge in [-0.3, -0.25) is 0 Å². The van der Waals surface area contributed by atoms with Gasteiger partial charge in [0.2, 0.25) is 0 Å². The molecular formula is C17H31N. The van der Waals surface area contributed by atoms with Gasteiger partial charge in [-0.25, -0.2) is 0 Å². The first-order valence-corrected chi connectivity index (χ1v) is 6.80. The first-order chi connectivity index (χ1) is 8.03. The molecule has 2 atom stereocenters. The molecule has 0 aromatic rings. The Balaban J connectivity index is 5.32. The van der Waals surface area contributed by atoms with Crippen LogP contribution in [0.4, 0.5) is 0 Å². The van der Waals surface area contributed by atoms with E-state index in [0.29, 0.717) is 11.8 Å². The molecule has 0 aliphatic carbocycles. The molecule has 0 spiro atoms. The molecule has 0 bridgehead atoms. The summed E-state index contributed by atoms with van der Waals surface area (Å²) in [4.78, 5) is 0. The maximum Gasteiger partial charge on any atom is 0.0300 e.